The predicted octanol–water partition coefficient (Wildman–Crippen LogP) is 5.82. The topological polar surface area (TPSA) is 185 Å². The Hall–Kier alpha value is -4.47. The number of carbonyl (C=O) groups is 2. The number of amides is 1. The number of hydrogen-bond acceptors (Lipinski definition) is 17. The summed E-state index contributed by atoms with van der Waals surface area (Å²) in [6, 6.07) is 16.5. The van der Waals surface area contributed by atoms with E-state index >= 15 is 0 Å². The van der Waals surface area contributed by atoms with Crippen molar-refractivity contribution in [2.24, 2.45) is 0 Å². The molecule has 0 saturated carbocycles. The first-order valence-electron chi connectivity index (χ1n) is 24.6. The fraction of sp³-hybridized carbons (Fsp3) is 0.608. The summed E-state index contributed by atoms with van der Waals surface area (Å²) in [5.74, 6) is -14.1. The zero-order valence-electron chi connectivity index (χ0n) is 41.7. The van der Waals surface area contributed by atoms with Crippen LogP contribution in [-0.4, -0.2) is 197 Å². The third-order valence-electron chi connectivity index (χ3n) is 10.4. The van der Waals surface area contributed by atoms with E-state index in [4.69, 9.17) is 66.3 Å². The molecule has 0 saturated heterocycles. The molecule has 4 rings (SSSR count). The van der Waals surface area contributed by atoms with Crippen LogP contribution in [0.25, 0.3) is 11.1 Å². The second-order valence-corrected chi connectivity index (χ2v) is 15.7. The molecule has 74 heavy (non-hydrogen) atoms. The van der Waals surface area contributed by atoms with Crippen LogP contribution in [-0.2, 0) is 71.1 Å². The van der Waals surface area contributed by atoms with E-state index in [1.165, 1.54) is 22.3 Å². The number of fused-ring (bicyclic) bond motifs is 3. The summed E-state index contributed by atoms with van der Waals surface area (Å²) in [5, 5.41) is 2.80. The van der Waals surface area contributed by atoms with Crippen LogP contribution in [0, 0.1) is 29.1 Å². The van der Waals surface area contributed by atoms with Gasteiger partial charge in [0.1, 0.15) is 6.61 Å². The Balaban J connectivity index is 0.752. The highest BCUT2D eigenvalue weighted by Gasteiger charge is 2.30. The van der Waals surface area contributed by atoms with Crippen molar-refractivity contribution in [3.05, 3.63) is 88.7 Å². The molecule has 0 fully saturated rings. The Morgan fingerprint density at radius 1 is 0.392 bits per heavy atom. The van der Waals surface area contributed by atoms with E-state index in [-0.39, 0.29) is 39.0 Å². The standard InChI is InChI=1S/C51H70F5NO17/c52-45-46(53)48(55)50(49(56)47(45)54)74-44(58)10-13-61-15-17-63-19-21-65-23-25-67-27-29-69-31-33-71-35-37-72-36-34-70-32-30-68-28-26-66-24-22-64-20-18-62-16-14-60-12-5-11-57-51(59)73-38-43-41-8-3-1-6-39(41)40-7-2-4-9-42(40)43/h1-4,6-9,43H,5,10-38H2,(H,57,59). The van der Waals surface area contributed by atoms with Gasteiger partial charge in [-0.1, -0.05) is 48.5 Å². The Bertz CT molecular complexity index is 1920. The molecule has 1 aliphatic rings. The van der Waals surface area contributed by atoms with Crippen LogP contribution in [0.2, 0.25) is 0 Å². The van der Waals surface area contributed by atoms with Gasteiger partial charge < -0.3 is 76.4 Å². The number of alkyl carbamates (subject to hydrolysis) is 1. The lowest BCUT2D eigenvalue weighted by Crippen LogP contribution is -2.27. The highest BCUT2D eigenvalue weighted by Crippen LogP contribution is 2.44. The van der Waals surface area contributed by atoms with Gasteiger partial charge in [0.15, 0.2) is 0 Å². The van der Waals surface area contributed by atoms with Crippen molar-refractivity contribution in [1.82, 2.24) is 5.32 Å². The first-order valence-corrected chi connectivity index (χ1v) is 24.6. The Morgan fingerprint density at radius 2 is 0.689 bits per heavy atom. The maximum absolute atomic E-state index is 13.6. The fourth-order valence-electron chi connectivity index (χ4n) is 6.75. The van der Waals surface area contributed by atoms with Gasteiger partial charge in [0, 0.05) is 19.1 Å². The summed E-state index contributed by atoms with van der Waals surface area (Å²) in [4.78, 5) is 24.0. The Morgan fingerprint density at radius 3 is 1.04 bits per heavy atom. The van der Waals surface area contributed by atoms with Crippen LogP contribution >= 0.6 is 0 Å². The van der Waals surface area contributed by atoms with Gasteiger partial charge in [-0.2, -0.15) is 8.78 Å². The summed E-state index contributed by atoms with van der Waals surface area (Å²) < 4.78 is 147. The van der Waals surface area contributed by atoms with E-state index in [0.717, 1.165) is 0 Å². The van der Waals surface area contributed by atoms with E-state index in [0.29, 0.717) is 158 Å². The molecule has 0 aliphatic heterocycles. The summed E-state index contributed by atoms with van der Waals surface area (Å²) in [6.07, 6.45) is -0.263. The highest BCUT2D eigenvalue weighted by atomic mass is 19.2. The average Bonchev–Trinajstić information content (AvgIpc) is 3.73. The predicted molar refractivity (Wildman–Crippen MR) is 255 cm³/mol. The van der Waals surface area contributed by atoms with Crippen LogP contribution in [0.5, 0.6) is 5.75 Å². The quantitative estimate of drug-likeness (QED) is 0.0178. The normalized spacial score (nSPS) is 12.1. The SMILES string of the molecule is O=C(CCOCCOCCOCCOCCOCCOCCOCCOCCOCCOCCOCCOCCOCCCNC(=O)OCC1c2ccccc2-c2ccccc21)Oc1c(F)c(F)c(F)c(F)c1F. The highest BCUT2D eigenvalue weighted by molar-refractivity contribution is 5.79. The van der Waals surface area contributed by atoms with E-state index in [2.05, 4.69) is 34.3 Å². The molecule has 18 nitrogen and oxygen atoms in total. The first-order chi connectivity index (χ1) is 36.3. The summed E-state index contributed by atoms with van der Waals surface area (Å²) in [7, 11) is 0. The van der Waals surface area contributed by atoms with Crippen LogP contribution in [0.3, 0.4) is 0 Å². The molecule has 0 spiro atoms. The number of benzene rings is 3. The Labute approximate surface area is 428 Å². The number of nitrogens with one attached hydrogen (secondary N) is 1. The molecule has 23 heteroatoms. The average molecular weight is 1060 g/mol. The maximum Gasteiger partial charge on any atom is 0.407 e. The second-order valence-electron chi connectivity index (χ2n) is 15.7. The van der Waals surface area contributed by atoms with Gasteiger partial charge >= 0.3 is 12.1 Å². The first kappa shape index (κ1) is 62.1. The zero-order chi connectivity index (χ0) is 52.7. The van der Waals surface area contributed by atoms with Crippen molar-refractivity contribution in [3.8, 4) is 16.9 Å². The van der Waals surface area contributed by atoms with Gasteiger partial charge in [-0.3, -0.25) is 4.79 Å². The van der Waals surface area contributed by atoms with Crippen molar-refractivity contribution in [2.45, 2.75) is 18.8 Å². The molecule has 0 bridgehead atoms. The van der Waals surface area contributed by atoms with Crippen molar-refractivity contribution in [2.75, 3.05) is 185 Å². The van der Waals surface area contributed by atoms with E-state index in [1.807, 2.05) is 24.3 Å². The zero-order valence-corrected chi connectivity index (χ0v) is 41.7. The molecule has 0 unspecified atom stereocenters. The van der Waals surface area contributed by atoms with Crippen LogP contribution in [0.4, 0.5) is 26.7 Å². The smallest absolute Gasteiger partial charge is 0.407 e. The van der Waals surface area contributed by atoms with Gasteiger partial charge in [0.2, 0.25) is 34.8 Å². The molecule has 0 heterocycles. The monoisotopic (exact) mass is 1060 g/mol. The number of esters is 1. The van der Waals surface area contributed by atoms with Crippen molar-refractivity contribution in [1.29, 1.82) is 0 Å². The molecule has 3 aromatic rings. The minimum atomic E-state index is -2.35. The molecule has 416 valence electrons. The van der Waals surface area contributed by atoms with Gasteiger partial charge in [0.05, 0.1) is 172 Å². The number of halogens is 5. The minimum Gasteiger partial charge on any atom is -0.449 e. The molecule has 0 radical (unpaired) electrons. The lowest BCUT2D eigenvalue weighted by molar-refractivity contribution is -0.136. The van der Waals surface area contributed by atoms with Crippen LogP contribution in [0.15, 0.2) is 48.5 Å². The lowest BCUT2D eigenvalue weighted by Gasteiger charge is -2.14. The molecule has 0 aromatic heterocycles. The number of hydrogen-bond donors (Lipinski definition) is 1. The van der Waals surface area contributed by atoms with E-state index in [9.17, 15) is 31.5 Å². The number of rotatable bonds is 46. The summed E-state index contributed by atoms with van der Waals surface area (Å²) in [5.41, 5.74) is 4.75. The molecule has 0 atom stereocenters. The number of carbonyl (C=O) groups excluding carboxylic acids is 2. The summed E-state index contributed by atoms with van der Waals surface area (Å²) >= 11 is 0. The molecule has 1 aliphatic carbocycles. The molecular formula is C51H70F5NO17. The van der Waals surface area contributed by atoms with Crippen molar-refractivity contribution < 1.29 is 103 Å². The fourth-order valence-corrected chi connectivity index (χ4v) is 6.75. The van der Waals surface area contributed by atoms with Crippen LogP contribution < -0.4 is 10.1 Å². The van der Waals surface area contributed by atoms with Gasteiger partial charge in [-0.25, -0.2) is 18.0 Å². The molecular weight excluding hydrogens is 994 g/mol. The maximum atomic E-state index is 13.6. The lowest BCUT2D eigenvalue weighted by atomic mass is 9.98. The van der Waals surface area contributed by atoms with Crippen molar-refractivity contribution >= 4 is 12.1 Å². The Kier molecular flexibility index (Phi) is 33.4. The van der Waals surface area contributed by atoms with Gasteiger partial charge in [-0.05, 0) is 28.7 Å². The molecule has 1 amide bonds. The molecule has 1 N–H and O–H groups in total. The van der Waals surface area contributed by atoms with Crippen LogP contribution in [0.1, 0.15) is 29.9 Å². The number of ether oxygens (including phenoxy) is 15. The van der Waals surface area contributed by atoms with E-state index < -0.39 is 53.3 Å². The van der Waals surface area contributed by atoms with Crippen molar-refractivity contribution in [3.63, 3.8) is 0 Å². The van der Waals surface area contributed by atoms with Gasteiger partial charge in [0.25, 0.3) is 0 Å². The molecule has 3 aromatic carbocycles. The third kappa shape index (κ3) is 25.4. The second kappa shape index (κ2) is 39.9. The third-order valence-corrected chi connectivity index (χ3v) is 10.4. The minimum absolute atomic E-state index is 0.0316. The largest absolute Gasteiger partial charge is 0.449 e. The van der Waals surface area contributed by atoms with Gasteiger partial charge in [-0.15, -0.1) is 0 Å². The summed E-state index contributed by atoms with van der Waals surface area (Å²) in [6.45, 7) is 10.4. The van der Waals surface area contributed by atoms with E-state index in [1.54, 1.807) is 0 Å².